The zero-order chi connectivity index (χ0) is 15.8. The molecule has 2 aromatic rings. The molecule has 2 aliphatic heterocycles. The van der Waals surface area contributed by atoms with E-state index in [0.29, 0.717) is 13.0 Å². The Balaban J connectivity index is 1.43. The van der Waals surface area contributed by atoms with Gasteiger partial charge >= 0.3 is 0 Å². The van der Waals surface area contributed by atoms with Crippen LogP contribution in [0.5, 0.6) is 0 Å². The maximum Gasteiger partial charge on any atom is 0.223 e. The molecule has 0 bridgehead atoms. The third-order valence-corrected chi connectivity index (χ3v) is 4.58. The molecule has 1 saturated heterocycles. The fourth-order valence-electron chi connectivity index (χ4n) is 3.37. The van der Waals surface area contributed by atoms with Crippen molar-refractivity contribution in [3.63, 3.8) is 0 Å². The Morgan fingerprint density at radius 1 is 1.17 bits per heavy atom. The van der Waals surface area contributed by atoms with Gasteiger partial charge in [0.1, 0.15) is 5.82 Å². The molecule has 0 aromatic carbocycles. The number of fused-ring (bicyclic) bond motifs is 1. The highest BCUT2D eigenvalue weighted by Crippen LogP contribution is 2.18. The zero-order valence-electron chi connectivity index (χ0n) is 13.4. The molecule has 0 atom stereocenters. The van der Waals surface area contributed by atoms with Gasteiger partial charge in [0.05, 0.1) is 19.3 Å². The van der Waals surface area contributed by atoms with Gasteiger partial charge in [-0.3, -0.25) is 14.4 Å². The molecule has 23 heavy (non-hydrogen) atoms. The Labute approximate surface area is 134 Å². The van der Waals surface area contributed by atoms with E-state index < -0.39 is 0 Å². The summed E-state index contributed by atoms with van der Waals surface area (Å²) in [6.45, 7) is 4.93. The first-order valence-corrected chi connectivity index (χ1v) is 8.07. The van der Waals surface area contributed by atoms with E-state index in [-0.39, 0.29) is 5.91 Å². The number of hydrogen-bond donors (Lipinski definition) is 0. The Kier molecular flexibility index (Phi) is 3.60. The molecule has 2 aromatic heterocycles. The van der Waals surface area contributed by atoms with Gasteiger partial charge in [0.2, 0.25) is 5.91 Å². The van der Waals surface area contributed by atoms with E-state index >= 15 is 0 Å². The van der Waals surface area contributed by atoms with Crippen LogP contribution in [0.3, 0.4) is 0 Å². The summed E-state index contributed by atoms with van der Waals surface area (Å²) in [6, 6.07) is 0. The second kappa shape index (κ2) is 5.77. The number of rotatable bonds is 4. The fourth-order valence-corrected chi connectivity index (χ4v) is 3.37. The Morgan fingerprint density at radius 3 is 2.83 bits per heavy atom. The first kappa shape index (κ1) is 14.4. The Morgan fingerprint density at radius 2 is 2.09 bits per heavy atom. The average molecular weight is 315 g/mol. The maximum absolute atomic E-state index is 11.8. The summed E-state index contributed by atoms with van der Waals surface area (Å²) in [4.78, 5) is 16.0. The van der Waals surface area contributed by atoms with Crippen molar-refractivity contribution in [2.24, 2.45) is 7.05 Å². The van der Waals surface area contributed by atoms with Crippen molar-refractivity contribution in [2.45, 2.75) is 39.0 Å². The normalized spacial score (nSPS) is 18.7. The van der Waals surface area contributed by atoms with Gasteiger partial charge in [0.15, 0.2) is 5.82 Å². The van der Waals surface area contributed by atoms with Gasteiger partial charge < -0.3 is 9.47 Å². The molecule has 0 unspecified atom stereocenters. The lowest BCUT2D eigenvalue weighted by Gasteiger charge is -2.27. The molecule has 2 aliphatic rings. The molecule has 0 aliphatic carbocycles. The fraction of sp³-hybridized carbons (Fsp3) is 0.600. The van der Waals surface area contributed by atoms with Crippen molar-refractivity contribution < 1.29 is 4.79 Å². The highest BCUT2D eigenvalue weighted by atomic mass is 16.2. The molecule has 1 fully saturated rings. The van der Waals surface area contributed by atoms with E-state index in [9.17, 15) is 4.79 Å². The van der Waals surface area contributed by atoms with Crippen LogP contribution in [0.1, 0.15) is 30.1 Å². The molecule has 1 amide bonds. The topological polar surface area (TPSA) is 72.1 Å². The molecule has 0 radical (unpaired) electrons. The maximum atomic E-state index is 11.8. The van der Waals surface area contributed by atoms with Crippen LogP contribution in [0.2, 0.25) is 0 Å². The summed E-state index contributed by atoms with van der Waals surface area (Å²) in [5.74, 6) is 2.13. The van der Waals surface area contributed by atoms with Crippen molar-refractivity contribution in [2.75, 3.05) is 13.1 Å². The predicted octanol–water partition coefficient (Wildman–Crippen LogP) is 0.150. The zero-order valence-corrected chi connectivity index (χ0v) is 13.4. The van der Waals surface area contributed by atoms with Crippen molar-refractivity contribution in [3.05, 3.63) is 29.6 Å². The number of likely N-dealkylation sites (tertiary alicyclic amines) is 1. The lowest BCUT2D eigenvalue weighted by Crippen LogP contribution is -2.35. The number of nitrogens with zero attached hydrogens (tertiary/aromatic N) is 7. The Hall–Kier alpha value is -2.22. The minimum atomic E-state index is 0.233. The SMILES string of the molecule is Cn1cc(CN2CCn3c(nnc3CN3CCCC3=O)C2)cn1. The summed E-state index contributed by atoms with van der Waals surface area (Å²) in [5, 5.41) is 12.9. The van der Waals surface area contributed by atoms with Crippen LogP contribution >= 0.6 is 0 Å². The van der Waals surface area contributed by atoms with Crippen LogP contribution in [0.4, 0.5) is 0 Å². The predicted molar refractivity (Wildman–Crippen MR) is 82.0 cm³/mol. The first-order chi connectivity index (χ1) is 11.2. The van der Waals surface area contributed by atoms with Gasteiger partial charge in [0.25, 0.3) is 0 Å². The van der Waals surface area contributed by atoms with Crippen LogP contribution in [0, 0.1) is 0 Å². The molecule has 8 nitrogen and oxygen atoms in total. The molecule has 122 valence electrons. The molecular weight excluding hydrogens is 294 g/mol. The summed E-state index contributed by atoms with van der Waals surface area (Å²) in [5.41, 5.74) is 1.21. The molecule has 0 saturated carbocycles. The van der Waals surface area contributed by atoms with Crippen LogP contribution in [-0.4, -0.2) is 53.3 Å². The number of aryl methyl sites for hydroxylation is 1. The monoisotopic (exact) mass is 315 g/mol. The van der Waals surface area contributed by atoms with Crippen molar-refractivity contribution in [1.82, 2.24) is 34.3 Å². The van der Waals surface area contributed by atoms with Crippen molar-refractivity contribution in [3.8, 4) is 0 Å². The van der Waals surface area contributed by atoms with Crippen molar-refractivity contribution >= 4 is 5.91 Å². The average Bonchev–Trinajstić information content (AvgIpc) is 3.23. The smallest absolute Gasteiger partial charge is 0.223 e. The summed E-state index contributed by atoms with van der Waals surface area (Å²) < 4.78 is 4.00. The van der Waals surface area contributed by atoms with Crippen LogP contribution in [0.25, 0.3) is 0 Å². The van der Waals surface area contributed by atoms with E-state index in [1.165, 1.54) is 5.56 Å². The van der Waals surface area contributed by atoms with Crippen LogP contribution in [-0.2, 0) is 38.0 Å². The van der Waals surface area contributed by atoms with E-state index in [0.717, 1.165) is 50.8 Å². The van der Waals surface area contributed by atoms with Crippen LogP contribution in [0.15, 0.2) is 12.4 Å². The van der Waals surface area contributed by atoms with Crippen LogP contribution < -0.4 is 0 Å². The number of hydrogen-bond acceptors (Lipinski definition) is 5. The van der Waals surface area contributed by atoms with Gasteiger partial charge in [-0.25, -0.2) is 0 Å². The second-order valence-electron chi connectivity index (χ2n) is 6.34. The molecule has 0 N–H and O–H groups in total. The number of amides is 1. The highest BCUT2D eigenvalue weighted by Gasteiger charge is 2.25. The third-order valence-electron chi connectivity index (χ3n) is 4.58. The largest absolute Gasteiger partial charge is 0.335 e. The van der Waals surface area contributed by atoms with Gasteiger partial charge in [-0.1, -0.05) is 0 Å². The first-order valence-electron chi connectivity index (χ1n) is 8.07. The van der Waals surface area contributed by atoms with E-state index in [4.69, 9.17) is 0 Å². The minimum Gasteiger partial charge on any atom is -0.335 e. The molecule has 8 heteroatoms. The molecular formula is C15H21N7O. The van der Waals surface area contributed by atoms with E-state index in [1.807, 2.05) is 29.0 Å². The third kappa shape index (κ3) is 2.86. The lowest BCUT2D eigenvalue weighted by atomic mass is 10.3. The quantitative estimate of drug-likeness (QED) is 0.803. The van der Waals surface area contributed by atoms with Gasteiger partial charge in [-0.15, -0.1) is 10.2 Å². The molecule has 0 spiro atoms. The minimum absolute atomic E-state index is 0.233. The molecule has 4 heterocycles. The highest BCUT2D eigenvalue weighted by molar-refractivity contribution is 5.77. The second-order valence-corrected chi connectivity index (χ2v) is 6.34. The van der Waals surface area contributed by atoms with Crippen molar-refractivity contribution in [1.29, 1.82) is 0 Å². The van der Waals surface area contributed by atoms with Gasteiger partial charge in [-0.2, -0.15) is 5.10 Å². The van der Waals surface area contributed by atoms with Gasteiger partial charge in [0, 0.05) is 51.4 Å². The van der Waals surface area contributed by atoms with Gasteiger partial charge in [-0.05, 0) is 6.42 Å². The number of aromatic nitrogens is 5. The van der Waals surface area contributed by atoms with E-state index in [2.05, 4.69) is 24.8 Å². The Bertz CT molecular complexity index is 719. The number of carbonyl (C=O) groups is 1. The molecule has 4 rings (SSSR count). The summed E-state index contributed by atoms with van der Waals surface area (Å²) in [6.07, 6.45) is 5.58. The summed E-state index contributed by atoms with van der Waals surface area (Å²) in [7, 11) is 1.93. The summed E-state index contributed by atoms with van der Waals surface area (Å²) >= 11 is 0. The number of carbonyl (C=O) groups excluding carboxylic acids is 1. The van der Waals surface area contributed by atoms with E-state index in [1.54, 1.807) is 0 Å². The standard InChI is InChI=1S/C15H21N7O/c1-19-8-12(7-16-19)9-20-5-6-22-13(10-20)17-18-14(22)11-21-4-2-3-15(21)23/h7-8H,2-6,9-11H2,1H3. The lowest BCUT2D eigenvalue weighted by molar-refractivity contribution is -0.128.